The third-order valence-electron chi connectivity index (χ3n) is 3.61. The van der Waals surface area contributed by atoms with Gasteiger partial charge in [-0.3, -0.25) is 4.79 Å². The molecule has 0 bridgehead atoms. The van der Waals surface area contributed by atoms with Crippen molar-refractivity contribution >= 4 is 29.1 Å². The number of halogens is 2. The van der Waals surface area contributed by atoms with Gasteiger partial charge in [0, 0.05) is 6.54 Å². The van der Waals surface area contributed by atoms with Crippen LogP contribution in [0.15, 0.2) is 6.07 Å². The number of nitrogens with one attached hydrogen (secondary N) is 1. The van der Waals surface area contributed by atoms with E-state index in [4.69, 9.17) is 23.2 Å². The fourth-order valence-corrected chi connectivity index (χ4v) is 2.97. The molecule has 2 atom stereocenters. The van der Waals surface area contributed by atoms with Gasteiger partial charge in [0.05, 0.1) is 11.2 Å². The van der Waals surface area contributed by atoms with E-state index in [9.17, 15) is 9.90 Å². The topological polar surface area (TPSA) is 75.1 Å². The fourth-order valence-electron chi connectivity index (χ4n) is 2.65. The smallest absolute Gasteiger partial charge is 0.254 e. The zero-order valence-electron chi connectivity index (χ0n) is 11.2. The molecule has 2 rings (SSSR count). The average molecular weight is 318 g/mol. The highest BCUT2D eigenvalue weighted by Crippen LogP contribution is 2.31. The molecule has 0 aliphatic heterocycles. The lowest BCUT2D eigenvalue weighted by Gasteiger charge is -2.35. The zero-order valence-corrected chi connectivity index (χ0v) is 12.7. The van der Waals surface area contributed by atoms with Crippen LogP contribution in [-0.4, -0.2) is 33.4 Å². The van der Waals surface area contributed by atoms with Gasteiger partial charge in [-0.2, -0.15) is 0 Å². The maximum absolute atomic E-state index is 12.1. The first-order valence-corrected chi connectivity index (χ1v) is 7.34. The Morgan fingerprint density at radius 2 is 2.30 bits per heavy atom. The van der Waals surface area contributed by atoms with Gasteiger partial charge in [-0.25, -0.2) is 0 Å². The van der Waals surface area contributed by atoms with Gasteiger partial charge in [0.25, 0.3) is 5.91 Å². The number of rotatable bonds is 3. The Kier molecular flexibility index (Phi) is 4.83. The van der Waals surface area contributed by atoms with E-state index in [1.807, 2.05) is 0 Å². The summed E-state index contributed by atoms with van der Waals surface area (Å²) in [5.74, 6) is 0.0599. The molecule has 5 nitrogen and oxygen atoms in total. The van der Waals surface area contributed by atoms with Crippen molar-refractivity contribution in [3.8, 4) is 0 Å². The number of hydrogen-bond donors (Lipinski definition) is 2. The molecule has 0 spiro atoms. The molecule has 1 heterocycles. The van der Waals surface area contributed by atoms with E-state index in [0.717, 1.165) is 12.8 Å². The SMILES string of the molecule is CC1CCCC(O)(CNC(=O)c2cc(Cl)nnc2Cl)C1. The zero-order chi connectivity index (χ0) is 14.8. The molecule has 7 heteroatoms. The number of carbonyl (C=O) groups is 1. The molecule has 1 amide bonds. The Bertz CT molecular complexity index is 512. The van der Waals surface area contributed by atoms with Gasteiger partial charge < -0.3 is 10.4 Å². The molecule has 2 unspecified atom stereocenters. The molecule has 2 N–H and O–H groups in total. The average Bonchev–Trinajstić information content (AvgIpc) is 2.39. The number of aliphatic hydroxyl groups is 1. The van der Waals surface area contributed by atoms with Crippen molar-refractivity contribution in [1.82, 2.24) is 15.5 Å². The predicted octanol–water partition coefficient (Wildman–Crippen LogP) is 2.45. The van der Waals surface area contributed by atoms with E-state index in [1.54, 1.807) is 0 Å². The molecule has 1 saturated carbocycles. The molecule has 1 fully saturated rings. The Balaban J connectivity index is 1.99. The van der Waals surface area contributed by atoms with Gasteiger partial charge >= 0.3 is 0 Å². The Labute approximate surface area is 127 Å². The summed E-state index contributed by atoms with van der Waals surface area (Å²) in [4.78, 5) is 12.1. The maximum Gasteiger partial charge on any atom is 0.254 e. The summed E-state index contributed by atoms with van der Waals surface area (Å²) < 4.78 is 0. The molecule has 110 valence electrons. The largest absolute Gasteiger partial charge is 0.388 e. The Morgan fingerprint density at radius 3 is 3.00 bits per heavy atom. The van der Waals surface area contributed by atoms with Gasteiger partial charge in [0.2, 0.25) is 0 Å². The van der Waals surface area contributed by atoms with Crippen LogP contribution in [-0.2, 0) is 0 Å². The second kappa shape index (κ2) is 6.24. The first-order chi connectivity index (χ1) is 9.39. The van der Waals surface area contributed by atoms with Gasteiger partial charge in [-0.05, 0) is 24.8 Å². The summed E-state index contributed by atoms with van der Waals surface area (Å²) in [7, 11) is 0. The summed E-state index contributed by atoms with van der Waals surface area (Å²) >= 11 is 11.5. The minimum atomic E-state index is -0.843. The molecule has 1 aromatic heterocycles. The maximum atomic E-state index is 12.1. The molecule has 0 saturated heterocycles. The van der Waals surface area contributed by atoms with Crippen molar-refractivity contribution in [2.24, 2.45) is 5.92 Å². The van der Waals surface area contributed by atoms with Crippen molar-refractivity contribution in [2.75, 3.05) is 6.54 Å². The quantitative estimate of drug-likeness (QED) is 0.898. The van der Waals surface area contributed by atoms with E-state index >= 15 is 0 Å². The minimum absolute atomic E-state index is 0.00379. The number of carbonyl (C=O) groups excluding carboxylic acids is 1. The van der Waals surface area contributed by atoms with Crippen molar-refractivity contribution < 1.29 is 9.90 Å². The van der Waals surface area contributed by atoms with E-state index < -0.39 is 11.5 Å². The number of aromatic nitrogens is 2. The van der Waals surface area contributed by atoms with Crippen LogP contribution in [0.2, 0.25) is 10.3 Å². The Hall–Kier alpha value is -0.910. The van der Waals surface area contributed by atoms with Crippen LogP contribution in [0.3, 0.4) is 0 Å². The van der Waals surface area contributed by atoms with Crippen molar-refractivity contribution in [1.29, 1.82) is 0 Å². The van der Waals surface area contributed by atoms with E-state index in [1.165, 1.54) is 6.07 Å². The molecular formula is C13H17Cl2N3O2. The summed E-state index contributed by atoms with van der Waals surface area (Å²) in [5.41, 5.74) is -0.677. The predicted molar refractivity (Wildman–Crippen MR) is 77.0 cm³/mol. The highest BCUT2D eigenvalue weighted by atomic mass is 35.5. The van der Waals surface area contributed by atoms with Crippen molar-refractivity contribution in [3.63, 3.8) is 0 Å². The lowest BCUT2D eigenvalue weighted by Crippen LogP contribution is -2.45. The van der Waals surface area contributed by atoms with E-state index in [0.29, 0.717) is 18.8 Å². The molecule has 0 radical (unpaired) electrons. The van der Waals surface area contributed by atoms with Gasteiger partial charge in [0.1, 0.15) is 0 Å². The number of nitrogens with zero attached hydrogens (tertiary/aromatic N) is 2. The minimum Gasteiger partial charge on any atom is -0.388 e. The monoisotopic (exact) mass is 317 g/mol. The molecule has 1 aromatic rings. The highest BCUT2D eigenvalue weighted by molar-refractivity contribution is 6.34. The van der Waals surface area contributed by atoms with Crippen LogP contribution >= 0.6 is 23.2 Å². The number of hydrogen-bond acceptors (Lipinski definition) is 4. The van der Waals surface area contributed by atoms with Crippen molar-refractivity contribution in [3.05, 3.63) is 21.9 Å². The second-order valence-electron chi connectivity index (χ2n) is 5.48. The molecule has 0 aromatic carbocycles. The van der Waals surface area contributed by atoms with Crippen LogP contribution < -0.4 is 5.32 Å². The molecule has 1 aliphatic rings. The summed E-state index contributed by atoms with van der Waals surface area (Å²) in [6.07, 6.45) is 3.47. The number of amides is 1. The van der Waals surface area contributed by atoms with Crippen LogP contribution in [0.1, 0.15) is 43.0 Å². The first-order valence-electron chi connectivity index (χ1n) is 6.59. The van der Waals surface area contributed by atoms with Crippen LogP contribution in [0.5, 0.6) is 0 Å². The van der Waals surface area contributed by atoms with Crippen LogP contribution in [0, 0.1) is 5.92 Å². The van der Waals surface area contributed by atoms with Crippen LogP contribution in [0.4, 0.5) is 0 Å². The lowest BCUT2D eigenvalue weighted by molar-refractivity contribution is -0.0109. The van der Waals surface area contributed by atoms with E-state index in [-0.39, 0.29) is 22.4 Å². The molecule has 20 heavy (non-hydrogen) atoms. The highest BCUT2D eigenvalue weighted by Gasteiger charge is 2.33. The summed E-state index contributed by atoms with van der Waals surface area (Å²) in [6.45, 7) is 2.31. The lowest BCUT2D eigenvalue weighted by atomic mass is 9.79. The standard InChI is InChI=1S/C13H17Cl2N3O2/c1-8-3-2-4-13(20,6-8)7-16-12(19)9-5-10(14)17-18-11(9)15/h5,8,20H,2-4,6-7H2,1H3,(H,16,19). The summed E-state index contributed by atoms with van der Waals surface area (Å²) in [5, 5.41) is 20.4. The van der Waals surface area contributed by atoms with Gasteiger partial charge in [-0.1, -0.05) is 43.0 Å². The van der Waals surface area contributed by atoms with Crippen LogP contribution in [0.25, 0.3) is 0 Å². The third kappa shape index (κ3) is 3.81. The van der Waals surface area contributed by atoms with Gasteiger partial charge in [0.15, 0.2) is 10.3 Å². The Morgan fingerprint density at radius 1 is 1.55 bits per heavy atom. The third-order valence-corrected chi connectivity index (χ3v) is 4.07. The van der Waals surface area contributed by atoms with Gasteiger partial charge in [-0.15, -0.1) is 10.2 Å². The summed E-state index contributed by atoms with van der Waals surface area (Å²) in [6, 6.07) is 1.36. The normalized spacial score (nSPS) is 26.3. The first kappa shape index (κ1) is 15.5. The van der Waals surface area contributed by atoms with Crippen molar-refractivity contribution in [2.45, 2.75) is 38.2 Å². The molecular weight excluding hydrogens is 301 g/mol. The second-order valence-corrected chi connectivity index (χ2v) is 6.23. The fraction of sp³-hybridized carbons (Fsp3) is 0.615. The van der Waals surface area contributed by atoms with E-state index in [2.05, 4.69) is 22.4 Å². The molecule has 1 aliphatic carbocycles.